The lowest BCUT2D eigenvalue weighted by molar-refractivity contribution is 0.750. The highest BCUT2D eigenvalue weighted by molar-refractivity contribution is 7.12. The first-order chi connectivity index (χ1) is 9.38. The van der Waals surface area contributed by atoms with Crippen molar-refractivity contribution in [1.29, 1.82) is 0 Å². The first-order valence-corrected chi connectivity index (χ1v) is 6.87. The maximum absolute atomic E-state index is 5.58. The lowest BCUT2D eigenvalue weighted by Gasteiger charge is -2.00. The standard InChI is InChI=1S/C13H13N5S/c14-7-6-11-8-15-17-18(11)13-16-12(9-19-13)10-4-2-1-3-5-10/h1-5,8-9H,6-7,14H2. The van der Waals surface area contributed by atoms with E-state index in [1.54, 1.807) is 22.2 Å². The molecular formula is C13H13N5S. The molecule has 0 fully saturated rings. The molecule has 96 valence electrons. The van der Waals surface area contributed by atoms with Crippen molar-refractivity contribution < 1.29 is 0 Å². The minimum absolute atomic E-state index is 0.574. The molecule has 1 aromatic carbocycles. The van der Waals surface area contributed by atoms with Gasteiger partial charge in [-0.3, -0.25) is 0 Å². The maximum Gasteiger partial charge on any atom is 0.212 e. The van der Waals surface area contributed by atoms with Gasteiger partial charge < -0.3 is 5.73 Å². The van der Waals surface area contributed by atoms with E-state index in [-0.39, 0.29) is 0 Å². The molecule has 2 N–H and O–H groups in total. The van der Waals surface area contributed by atoms with Crippen LogP contribution >= 0.6 is 11.3 Å². The van der Waals surface area contributed by atoms with Crippen LogP contribution in [0.1, 0.15) is 5.69 Å². The number of rotatable bonds is 4. The highest BCUT2D eigenvalue weighted by Gasteiger charge is 2.10. The number of aromatic nitrogens is 4. The van der Waals surface area contributed by atoms with Gasteiger partial charge in [0.25, 0.3) is 0 Å². The molecule has 0 spiro atoms. The fourth-order valence-corrected chi connectivity index (χ4v) is 2.65. The van der Waals surface area contributed by atoms with Crippen molar-refractivity contribution in [2.24, 2.45) is 5.73 Å². The quantitative estimate of drug-likeness (QED) is 0.786. The Bertz CT molecular complexity index is 658. The Labute approximate surface area is 114 Å². The molecule has 0 aliphatic carbocycles. The molecule has 2 heterocycles. The summed E-state index contributed by atoms with van der Waals surface area (Å²) in [5, 5.41) is 10.8. The lowest BCUT2D eigenvalue weighted by atomic mass is 10.2. The zero-order valence-electron chi connectivity index (χ0n) is 10.2. The van der Waals surface area contributed by atoms with E-state index < -0.39 is 0 Å². The van der Waals surface area contributed by atoms with Crippen LogP contribution in [0.15, 0.2) is 41.9 Å². The summed E-state index contributed by atoms with van der Waals surface area (Å²) >= 11 is 1.55. The van der Waals surface area contributed by atoms with Crippen LogP contribution in [-0.4, -0.2) is 26.5 Å². The van der Waals surface area contributed by atoms with E-state index in [0.717, 1.165) is 28.5 Å². The summed E-state index contributed by atoms with van der Waals surface area (Å²) in [6.07, 6.45) is 2.48. The third-order valence-electron chi connectivity index (χ3n) is 2.76. The van der Waals surface area contributed by atoms with Gasteiger partial charge in [0.2, 0.25) is 5.13 Å². The summed E-state index contributed by atoms with van der Waals surface area (Å²) < 4.78 is 1.75. The number of benzene rings is 1. The first kappa shape index (κ1) is 12.0. The van der Waals surface area contributed by atoms with E-state index in [1.165, 1.54) is 0 Å². The zero-order chi connectivity index (χ0) is 13.1. The Balaban J connectivity index is 1.95. The summed E-state index contributed by atoms with van der Waals surface area (Å²) in [6, 6.07) is 10.1. The lowest BCUT2D eigenvalue weighted by Crippen LogP contribution is -2.08. The molecule has 19 heavy (non-hydrogen) atoms. The van der Waals surface area contributed by atoms with Crippen LogP contribution < -0.4 is 5.73 Å². The van der Waals surface area contributed by atoms with Gasteiger partial charge >= 0.3 is 0 Å². The molecule has 6 heteroatoms. The molecule has 0 saturated heterocycles. The summed E-state index contributed by atoms with van der Waals surface area (Å²) in [4.78, 5) is 4.60. The predicted molar refractivity (Wildman–Crippen MR) is 75.2 cm³/mol. The van der Waals surface area contributed by atoms with Gasteiger partial charge in [0.15, 0.2) is 0 Å². The summed E-state index contributed by atoms with van der Waals surface area (Å²) in [7, 11) is 0. The van der Waals surface area contributed by atoms with E-state index >= 15 is 0 Å². The molecule has 0 atom stereocenters. The second-order valence-electron chi connectivity index (χ2n) is 4.06. The van der Waals surface area contributed by atoms with Crippen molar-refractivity contribution in [1.82, 2.24) is 20.0 Å². The van der Waals surface area contributed by atoms with Gasteiger partial charge in [0.05, 0.1) is 17.6 Å². The van der Waals surface area contributed by atoms with Crippen molar-refractivity contribution in [2.75, 3.05) is 6.54 Å². The predicted octanol–water partition coefficient (Wildman–Crippen LogP) is 1.89. The Morgan fingerprint density at radius 2 is 2.05 bits per heavy atom. The number of nitrogens with zero attached hydrogens (tertiary/aromatic N) is 4. The van der Waals surface area contributed by atoms with Crippen LogP contribution in [0.3, 0.4) is 0 Å². The average Bonchev–Trinajstić information content (AvgIpc) is 3.08. The van der Waals surface area contributed by atoms with E-state index in [9.17, 15) is 0 Å². The molecule has 3 aromatic rings. The smallest absolute Gasteiger partial charge is 0.212 e. The van der Waals surface area contributed by atoms with Crippen LogP contribution in [0.2, 0.25) is 0 Å². The largest absolute Gasteiger partial charge is 0.330 e. The fourth-order valence-electron chi connectivity index (χ4n) is 1.84. The number of thiazole rings is 1. The molecule has 5 nitrogen and oxygen atoms in total. The molecule has 0 saturated carbocycles. The average molecular weight is 271 g/mol. The van der Waals surface area contributed by atoms with Gasteiger partial charge in [-0.05, 0) is 6.54 Å². The van der Waals surface area contributed by atoms with Gasteiger partial charge in [-0.25, -0.2) is 4.98 Å². The molecule has 0 aliphatic rings. The zero-order valence-corrected chi connectivity index (χ0v) is 11.0. The second-order valence-corrected chi connectivity index (χ2v) is 4.89. The van der Waals surface area contributed by atoms with E-state index in [2.05, 4.69) is 15.3 Å². The molecule has 0 unspecified atom stereocenters. The van der Waals surface area contributed by atoms with Gasteiger partial charge in [-0.2, -0.15) is 4.68 Å². The van der Waals surface area contributed by atoms with Crippen LogP contribution in [0.4, 0.5) is 0 Å². The fraction of sp³-hybridized carbons (Fsp3) is 0.154. The van der Waals surface area contributed by atoms with E-state index in [1.807, 2.05) is 35.7 Å². The summed E-state index contributed by atoms with van der Waals surface area (Å²) in [5.74, 6) is 0. The Kier molecular flexibility index (Phi) is 3.35. The SMILES string of the molecule is NCCc1cnnn1-c1nc(-c2ccccc2)cs1. The van der Waals surface area contributed by atoms with Crippen LogP contribution in [0.5, 0.6) is 0 Å². The van der Waals surface area contributed by atoms with Crippen molar-refractivity contribution in [2.45, 2.75) is 6.42 Å². The Morgan fingerprint density at radius 1 is 1.21 bits per heavy atom. The van der Waals surface area contributed by atoms with E-state index in [4.69, 9.17) is 5.73 Å². The molecule has 0 amide bonds. The normalized spacial score (nSPS) is 10.8. The van der Waals surface area contributed by atoms with Crippen LogP contribution in [0, 0.1) is 0 Å². The summed E-state index contributed by atoms with van der Waals surface area (Å²) in [6.45, 7) is 0.574. The van der Waals surface area contributed by atoms with Gasteiger partial charge in [-0.1, -0.05) is 35.5 Å². The van der Waals surface area contributed by atoms with Gasteiger partial charge in [0.1, 0.15) is 0 Å². The Hall–Kier alpha value is -2.05. The molecule has 0 bridgehead atoms. The van der Waals surface area contributed by atoms with Gasteiger partial charge in [-0.15, -0.1) is 16.4 Å². The highest BCUT2D eigenvalue weighted by atomic mass is 32.1. The monoisotopic (exact) mass is 271 g/mol. The van der Waals surface area contributed by atoms with Crippen LogP contribution in [-0.2, 0) is 6.42 Å². The first-order valence-electron chi connectivity index (χ1n) is 5.99. The maximum atomic E-state index is 5.58. The molecule has 0 aliphatic heterocycles. The number of hydrogen-bond acceptors (Lipinski definition) is 5. The topological polar surface area (TPSA) is 69.6 Å². The third-order valence-corrected chi connectivity index (χ3v) is 3.58. The molecule has 3 rings (SSSR count). The second kappa shape index (κ2) is 5.29. The minimum atomic E-state index is 0.574. The van der Waals surface area contributed by atoms with E-state index in [0.29, 0.717) is 6.54 Å². The Morgan fingerprint density at radius 3 is 2.84 bits per heavy atom. The van der Waals surface area contributed by atoms with Crippen molar-refractivity contribution in [3.05, 3.63) is 47.6 Å². The molecule has 2 aromatic heterocycles. The summed E-state index contributed by atoms with van der Waals surface area (Å²) in [5.41, 5.74) is 8.62. The van der Waals surface area contributed by atoms with Crippen molar-refractivity contribution in [3.63, 3.8) is 0 Å². The van der Waals surface area contributed by atoms with Crippen molar-refractivity contribution >= 4 is 11.3 Å². The van der Waals surface area contributed by atoms with Gasteiger partial charge in [0, 0.05) is 17.4 Å². The number of hydrogen-bond donors (Lipinski definition) is 1. The van der Waals surface area contributed by atoms with Crippen LogP contribution in [0.25, 0.3) is 16.4 Å². The third kappa shape index (κ3) is 2.40. The molecule has 0 radical (unpaired) electrons. The molecular weight excluding hydrogens is 258 g/mol. The van der Waals surface area contributed by atoms with Crippen molar-refractivity contribution in [3.8, 4) is 16.4 Å². The minimum Gasteiger partial charge on any atom is -0.330 e. The highest BCUT2D eigenvalue weighted by Crippen LogP contribution is 2.24. The number of nitrogens with two attached hydrogens (primary N) is 1.